The first-order valence-electron chi connectivity index (χ1n) is 5.88. The van der Waals surface area contributed by atoms with E-state index in [1.807, 2.05) is 26.2 Å². The predicted molar refractivity (Wildman–Crippen MR) is 72.7 cm³/mol. The number of hydrogen-bond donors (Lipinski definition) is 0. The Morgan fingerprint density at radius 1 is 1.33 bits per heavy atom. The molecule has 1 aliphatic rings. The van der Waals surface area contributed by atoms with E-state index in [1.165, 1.54) is 5.57 Å². The van der Waals surface area contributed by atoms with Crippen LogP contribution in [-0.2, 0) is 0 Å². The number of allylic oxidation sites excluding steroid dienone is 3. The Kier molecular flexibility index (Phi) is 3.51. The van der Waals surface area contributed by atoms with Gasteiger partial charge in [0, 0.05) is 25.4 Å². The van der Waals surface area contributed by atoms with Crippen molar-refractivity contribution in [1.29, 1.82) is 0 Å². The Bertz CT molecular complexity index is 527. The quantitative estimate of drug-likeness (QED) is 0.761. The molecule has 0 bridgehead atoms. The van der Waals surface area contributed by atoms with Gasteiger partial charge in [-0.3, -0.25) is 4.79 Å². The van der Waals surface area contributed by atoms with Crippen molar-refractivity contribution < 1.29 is 9.53 Å². The van der Waals surface area contributed by atoms with Crippen molar-refractivity contribution in [3.63, 3.8) is 0 Å². The van der Waals surface area contributed by atoms with Gasteiger partial charge < -0.3 is 9.64 Å². The van der Waals surface area contributed by atoms with Crippen LogP contribution < -0.4 is 4.74 Å². The molecule has 0 amide bonds. The minimum Gasteiger partial charge on any atom is -0.497 e. The van der Waals surface area contributed by atoms with Crippen molar-refractivity contribution in [2.45, 2.75) is 6.42 Å². The average Bonchev–Trinajstić information content (AvgIpc) is 2.87. The van der Waals surface area contributed by atoms with Crippen molar-refractivity contribution in [2.24, 2.45) is 0 Å². The lowest BCUT2D eigenvalue weighted by atomic mass is 9.98. The molecule has 0 aliphatic heterocycles. The Hall–Kier alpha value is -2.03. The molecule has 94 valence electrons. The van der Waals surface area contributed by atoms with Gasteiger partial charge in [0.25, 0.3) is 0 Å². The van der Waals surface area contributed by atoms with E-state index in [-0.39, 0.29) is 0 Å². The second-order valence-corrected chi connectivity index (χ2v) is 4.44. The minimum absolute atomic E-state index is 0.674. The third-order valence-corrected chi connectivity index (χ3v) is 3.10. The first-order valence-corrected chi connectivity index (χ1v) is 5.88. The van der Waals surface area contributed by atoms with Crippen LogP contribution in [0, 0.1) is 0 Å². The minimum atomic E-state index is 0.674. The molecule has 0 N–H and O–H groups in total. The van der Waals surface area contributed by atoms with Crippen LogP contribution in [0.2, 0.25) is 0 Å². The molecule has 1 aliphatic carbocycles. The highest BCUT2D eigenvalue weighted by molar-refractivity contribution is 5.88. The summed E-state index contributed by atoms with van der Waals surface area (Å²) in [5.74, 6) is 0.707. The van der Waals surface area contributed by atoms with Crippen molar-refractivity contribution in [2.75, 3.05) is 21.2 Å². The lowest BCUT2D eigenvalue weighted by Crippen LogP contribution is -2.10. The van der Waals surface area contributed by atoms with Gasteiger partial charge in [0.1, 0.15) is 5.75 Å². The molecule has 1 aromatic carbocycles. The highest BCUT2D eigenvalue weighted by Gasteiger charge is 2.16. The fraction of sp³-hybridized carbons (Fsp3) is 0.267. The van der Waals surface area contributed by atoms with Gasteiger partial charge in [0.05, 0.1) is 7.11 Å². The number of likely N-dealkylation sites (N-methyl/N-ethyl adjacent to an activating group) is 1. The lowest BCUT2D eigenvalue weighted by molar-refractivity contribution is 0.112. The number of rotatable bonds is 4. The summed E-state index contributed by atoms with van der Waals surface area (Å²) in [4.78, 5) is 13.3. The molecule has 0 atom stereocenters. The van der Waals surface area contributed by atoms with Crippen LogP contribution in [0.15, 0.2) is 36.0 Å². The number of carbonyl (C=O) groups is 1. The van der Waals surface area contributed by atoms with Gasteiger partial charge >= 0.3 is 0 Å². The largest absolute Gasteiger partial charge is 0.497 e. The van der Waals surface area contributed by atoms with E-state index in [0.29, 0.717) is 11.3 Å². The zero-order valence-corrected chi connectivity index (χ0v) is 10.9. The summed E-state index contributed by atoms with van der Waals surface area (Å²) < 4.78 is 5.15. The van der Waals surface area contributed by atoms with E-state index in [1.54, 1.807) is 13.2 Å². The second-order valence-electron chi connectivity index (χ2n) is 4.44. The van der Waals surface area contributed by atoms with E-state index < -0.39 is 0 Å². The summed E-state index contributed by atoms with van der Waals surface area (Å²) in [6.45, 7) is 0. The Morgan fingerprint density at radius 2 is 2.11 bits per heavy atom. The molecule has 3 heteroatoms. The number of aldehydes is 1. The van der Waals surface area contributed by atoms with Gasteiger partial charge in [-0.15, -0.1) is 0 Å². The van der Waals surface area contributed by atoms with E-state index in [0.717, 1.165) is 24.0 Å². The molecule has 0 saturated carbocycles. The molecule has 0 unspecified atom stereocenters. The highest BCUT2D eigenvalue weighted by atomic mass is 16.5. The molecule has 0 aromatic heterocycles. The number of nitrogens with zero attached hydrogens (tertiary/aromatic N) is 1. The molecule has 0 spiro atoms. The fourth-order valence-corrected chi connectivity index (χ4v) is 2.20. The molecular formula is C15H17NO2. The summed E-state index contributed by atoms with van der Waals surface area (Å²) in [7, 11) is 5.62. The third-order valence-electron chi connectivity index (χ3n) is 3.10. The Balaban J connectivity index is 2.52. The maximum atomic E-state index is 11.2. The van der Waals surface area contributed by atoms with Crippen molar-refractivity contribution in [1.82, 2.24) is 4.90 Å². The van der Waals surface area contributed by atoms with Gasteiger partial charge in [-0.1, -0.05) is 12.1 Å². The molecular weight excluding hydrogens is 226 g/mol. The smallest absolute Gasteiger partial charge is 0.150 e. The van der Waals surface area contributed by atoms with Crippen LogP contribution >= 0.6 is 0 Å². The Labute approximate surface area is 107 Å². The first kappa shape index (κ1) is 12.4. The van der Waals surface area contributed by atoms with E-state index in [2.05, 4.69) is 17.1 Å². The summed E-state index contributed by atoms with van der Waals surface area (Å²) in [6.07, 6.45) is 5.95. The molecule has 0 saturated heterocycles. The van der Waals surface area contributed by atoms with Crippen LogP contribution in [0.25, 0.3) is 5.57 Å². The van der Waals surface area contributed by atoms with Gasteiger partial charge in [-0.2, -0.15) is 0 Å². The van der Waals surface area contributed by atoms with Gasteiger partial charge in [0.15, 0.2) is 6.29 Å². The van der Waals surface area contributed by atoms with Crippen molar-refractivity contribution in [3.05, 3.63) is 47.2 Å². The van der Waals surface area contributed by atoms with Crippen LogP contribution in [0.3, 0.4) is 0 Å². The standard InChI is InChI=1S/C15H17NO2/c1-16(2)15-6-4-5-14(15)13-8-7-12(18-3)9-11(13)10-17/h4,6-10H,5H2,1-3H3. The normalized spacial score (nSPS) is 13.9. The van der Waals surface area contributed by atoms with Crippen molar-refractivity contribution in [3.8, 4) is 5.75 Å². The number of methoxy groups -OCH3 is 1. The number of ether oxygens (including phenoxy) is 1. The zero-order valence-electron chi connectivity index (χ0n) is 10.9. The molecule has 18 heavy (non-hydrogen) atoms. The topological polar surface area (TPSA) is 29.5 Å². The van der Waals surface area contributed by atoms with Crippen LogP contribution in [-0.4, -0.2) is 32.4 Å². The summed E-state index contributed by atoms with van der Waals surface area (Å²) in [5.41, 5.74) is 4.00. The predicted octanol–water partition coefficient (Wildman–Crippen LogP) is 2.74. The van der Waals surface area contributed by atoms with Crippen LogP contribution in [0.4, 0.5) is 0 Å². The van der Waals surface area contributed by atoms with Crippen molar-refractivity contribution >= 4 is 11.9 Å². The molecule has 2 rings (SSSR count). The maximum absolute atomic E-state index is 11.2. The van der Waals surface area contributed by atoms with Gasteiger partial charge in [0.2, 0.25) is 0 Å². The Morgan fingerprint density at radius 3 is 2.72 bits per heavy atom. The van der Waals surface area contributed by atoms with E-state index >= 15 is 0 Å². The zero-order chi connectivity index (χ0) is 13.1. The van der Waals surface area contributed by atoms with E-state index in [4.69, 9.17) is 4.74 Å². The maximum Gasteiger partial charge on any atom is 0.150 e. The molecule has 0 radical (unpaired) electrons. The SMILES string of the molecule is COc1ccc(C2=C(N(C)C)C=CC2)c(C=O)c1. The lowest BCUT2D eigenvalue weighted by Gasteiger charge is -2.17. The fourth-order valence-electron chi connectivity index (χ4n) is 2.20. The van der Waals surface area contributed by atoms with Crippen LogP contribution in [0.5, 0.6) is 5.75 Å². The summed E-state index contributed by atoms with van der Waals surface area (Å²) in [5, 5.41) is 0. The molecule has 0 fully saturated rings. The highest BCUT2D eigenvalue weighted by Crippen LogP contribution is 2.32. The monoisotopic (exact) mass is 243 g/mol. The number of hydrogen-bond acceptors (Lipinski definition) is 3. The molecule has 1 aromatic rings. The van der Waals surface area contributed by atoms with E-state index in [9.17, 15) is 4.79 Å². The molecule has 3 nitrogen and oxygen atoms in total. The molecule has 0 heterocycles. The first-order chi connectivity index (χ1) is 8.67. The van der Waals surface area contributed by atoms with Gasteiger partial charge in [-0.25, -0.2) is 0 Å². The summed E-state index contributed by atoms with van der Waals surface area (Å²) >= 11 is 0. The average molecular weight is 243 g/mol. The van der Waals surface area contributed by atoms with Gasteiger partial charge in [-0.05, 0) is 35.8 Å². The van der Waals surface area contributed by atoms with Crippen LogP contribution in [0.1, 0.15) is 22.3 Å². The number of carbonyl (C=O) groups excluding carboxylic acids is 1. The second kappa shape index (κ2) is 5.08. The summed E-state index contributed by atoms with van der Waals surface area (Å²) in [6, 6.07) is 5.62. The number of benzene rings is 1. The third kappa shape index (κ3) is 2.16.